The second-order valence-electron chi connectivity index (χ2n) is 6.50. The lowest BCUT2D eigenvalue weighted by molar-refractivity contribution is -0.138. The van der Waals surface area contributed by atoms with Crippen LogP contribution in [-0.2, 0) is 11.3 Å². The summed E-state index contributed by atoms with van der Waals surface area (Å²) in [6.45, 7) is 4.00. The summed E-state index contributed by atoms with van der Waals surface area (Å²) in [5, 5.41) is 4.64. The second-order valence-corrected chi connectivity index (χ2v) is 6.90. The van der Waals surface area contributed by atoms with Crippen LogP contribution in [0, 0.1) is 6.92 Å². The minimum atomic E-state index is -0.609. The number of hydrogen-bond donors (Lipinski definition) is 0. The number of amides is 1. The molecule has 1 aromatic heterocycles. The third kappa shape index (κ3) is 4.70. The Labute approximate surface area is 169 Å². The van der Waals surface area contributed by atoms with Crippen molar-refractivity contribution in [2.45, 2.75) is 32.9 Å². The lowest BCUT2D eigenvalue weighted by Crippen LogP contribution is -2.39. The first kappa shape index (κ1) is 19.9. The van der Waals surface area contributed by atoms with Gasteiger partial charge in [0.05, 0.1) is 6.54 Å². The molecule has 0 saturated heterocycles. The molecule has 146 valence electrons. The van der Waals surface area contributed by atoms with Crippen LogP contribution in [0.1, 0.15) is 24.8 Å². The van der Waals surface area contributed by atoms with Crippen molar-refractivity contribution in [2.24, 2.45) is 0 Å². The number of benzene rings is 2. The molecule has 28 heavy (non-hydrogen) atoms. The Hall–Kier alpha value is -2.86. The van der Waals surface area contributed by atoms with E-state index in [4.69, 9.17) is 20.9 Å². The number of carbonyl (C=O) groups is 1. The van der Waals surface area contributed by atoms with E-state index < -0.39 is 6.10 Å². The van der Waals surface area contributed by atoms with E-state index in [1.807, 2.05) is 50.2 Å². The van der Waals surface area contributed by atoms with Crippen molar-refractivity contribution in [3.63, 3.8) is 0 Å². The van der Waals surface area contributed by atoms with Crippen molar-refractivity contribution >= 4 is 17.5 Å². The average molecular weight is 400 g/mol. The van der Waals surface area contributed by atoms with Crippen molar-refractivity contribution < 1.29 is 14.1 Å². The molecule has 3 aromatic rings. The molecule has 0 saturated carbocycles. The number of halogens is 1. The number of ether oxygens (including phenoxy) is 1. The number of likely N-dealkylation sites (N-methyl/N-ethyl adjacent to an activating group) is 1. The van der Waals surface area contributed by atoms with Crippen molar-refractivity contribution in [1.29, 1.82) is 0 Å². The Morgan fingerprint density at radius 2 is 2.00 bits per heavy atom. The minimum absolute atomic E-state index is 0.158. The van der Waals surface area contributed by atoms with Gasteiger partial charge in [-0.25, -0.2) is 0 Å². The summed E-state index contributed by atoms with van der Waals surface area (Å²) in [5.74, 6) is 1.32. The average Bonchev–Trinajstić information content (AvgIpc) is 3.17. The molecule has 0 bridgehead atoms. The maximum atomic E-state index is 12.8. The molecule has 0 spiro atoms. The van der Waals surface area contributed by atoms with Crippen LogP contribution >= 0.6 is 11.6 Å². The molecule has 0 unspecified atom stereocenters. The Morgan fingerprint density at radius 1 is 1.25 bits per heavy atom. The van der Waals surface area contributed by atoms with E-state index in [0.717, 1.165) is 11.1 Å². The van der Waals surface area contributed by atoms with E-state index in [1.54, 1.807) is 19.2 Å². The van der Waals surface area contributed by atoms with Crippen molar-refractivity contribution in [1.82, 2.24) is 15.0 Å². The van der Waals surface area contributed by atoms with Gasteiger partial charge < -0.3 is 14.2 Å². The summed E-state index contributed by atoms with van der Waals surface area (Å²) in [4.78, 5) is 18.7. The molecule has 7 heteroatoms. The van der Waals surface area contributed by atoms with Crippen LogP contribution < -0.4 is 4.74 Å². The van der Waals surface area contributed by atoms with Gasteiger partial charge >= 0.3 is 0 Å². The summed E-state index contributed by atoms with van der Waals surface area (Å²) in [6, 6.07) is 14.9. The van der Waals surface area contributed by atoms with Crippen LogP contribution in [-0.4, -0.2) is 34.1 Å². The highest BCUT2D eigenvalue weighted by Crippen LogP contribution is 2.23. The van der Waals surface area contributed by atoms with Crippen LogP contribution in [0.3, 0.4) is 0 Å². The number of nitrogens with zero attached hydrogens (tertiary/aromatic N) is 3. The first-order valence-corrected chi connectivity index (χ1v) is 9.41. The smallest absolute Gasteiger partial charge is 0.263 e. The van der Waals surface area contributed by atoms with Crippen LogP contribution in [0.25, 0.3) is 11.4 Å². The van der Waals surface area contributed by atoms with Gasteiger partial charge in [0.1, 0.15) is 5.75 Å². The summed E-state index contributed by atoms with van der Waals surface area (Å²) in [7, 11) is 1.69. The molecule has 3 rings (SSSR count). The van der Waals surface area contributed by atoms with E-state index in [1.165, 1.54) is 4.90 Å². The minimum Gasteiger partial charge on any atom is -0.481 e. The first-order valence-electron chi connectivity index (χ1n) is 9.03. The highest BCUT2D eigenvalue weighted by molar-refractivity contribution is 6.31. The Balaban J connectivity index is 1.65. The molecule has 1 atom stereocenters. The van der Waals surface area contributed by atoms with Crippen LogP contribution in [0.2, 0.25) is 5.02 Å². The Kier molecular flexibility index (Phi) is 6.31. The molecule has 1 heterocycles. The molecule has 0 aliphatic rings. The zero-order valence-corrected chi connectivity index (χ0v) is 16.8. The van der Waals surface area contributed by atoms with Gasteiger partial charge in [0.15, 0.2) is 6.10 Å². The fraction of sp³-hybridized carbons (Fsp3) is 0.286. The largest absolute Gasteiger partial charge is 0.481 e. The Bertz CT molecular complexity index is 943. The highest BCUT2D eigenvalue weighted by Gasteiger charge is 2.24. The summed E-state index contributed by atoms with van der Waals surface area (Å²) < 4.78 is 11.2. The van der Waals surface area contributed by atoms with Crippen molar-refractivity contribution in [3.05, 3.63) is 65.0 Å². The summed E-state index contributed by atoms with van der Waals surface area (Å²) >= 11 is 6.05. The van der Waals surface area contributed by atoms with Crippen LogP contribution in [0.4, 0.5) is 0 Å². The maximum Gasteiger partial charge on any atom is 0.263 e. The normalized spacial score (nSPS) is 11.9. The first-order chi connectivity index (χ1) is 13.5. The van der Waals surface area contributed by atoms with Gasteiger partial charge in [-0.05, 0) is 37.1 Å². The summed E-state index contributed by atoms with van der Waals surface area (Å²) in [5.41, 5.74) is 1.76. The van der Waals surface area contributed by atoms with Crippen molar-refractivity contribution in [3.8, 4) is 17.1 Å². The van der Waals surface area contributed by atoms with Crippen LogP contribution in [0.15, 0.2) is 53.1 Å². The van der Waals surface area contributed by atoms with Gasteiger partial charge in [0, 0.05) is 17.6 Å². The summed E-state index contributed by atoms with van der Waals surface area (Å²) in [6.07, 6.45) is -0.0775. The lowest BCUT2D eigenvalue weighted by Gasteiger charge is -2.23. The fourth-order valence-electron chi connectivity index (χ4n) is 2.71. The SMILES string of the molecule is CC[C@@H](Oc1ccc(Cl)c(C)c1)C(=O)N(C)Cc1nc(-c2ccccc2)no1. The van der Waals surface area contributed by atoms with Gasteiger partial charge in [0.2, 0.25) is 11.7 Å². The van der Waals surface area contributed by atoms with Crippen LogP contribution in [0.5, 0.6) is 5.75 Å². The third-order valence-electron chi connectivity index (χ3n) is 4.30. The molecule has 0 N–H and O–H groups in total. The quantitative estimate of drug-likeness (QED) is 0.584. The zero-order chi connectivity index (χ0) is 20.1. The van der Waals surface area contributed by atoms with E-state index >= 15 is 0 Å². The lowest BCUT2D eigenvalue weighted by atomic mass is 10.2. The van der Waals surface area contributed by atoms with Gasteiger partial charge in [-0.1, -0.05) is 54.0 Å². The van der Waals surface area contributed by atoms with E-state index in [0.29, 0.717) is 28.9 Å². The monoisotopic (exact) mass is 399 g/mol. The fourth-order valence-corrected chi connectivity index (χ4v) is 2.83. The van der Waals surface area contributed by atoms with Gasteiger partial charge in [-0.15, -0.1) is 0 Å². The molecule has 0 fully saturated rings. The molecular formula is C21H22ClN3O3. The molecular weight excluding hydrogens is 378 g/mol. The van der Waals surface area contributed by atoms with Gasteiger partial charge in [-0.2, -0.15) is 4.98 Å². The molecule has 2 aromatic carbocycles. The Morgan fingerprint density at radius 3 is 2.68 bits per heavy atom. The van der Waals surface area contributed by atoms with Crippen molar-refractivity contribution in [2.75, 3.05) is 7.05 Å². The standard InChI is InChI=1S/C21H22ClN3O3/c1-4-18(27-16-10-11-17(22)14(2)12-16)21(26)25(3)13-19-23-20(24-28-19)15-8-6-5-7-9-15/h5-12,18H,4,13H2,1-3H3/t18-/m1/s1. The number of hydrogen-bond acceptors (Lipinski definition) is 5. The maximum absolute atomic E-state index is 12.8. The number of aromatic nitrogens is 2. The van der Waals surface area contributed by atoms with E-state index in [9.17, 15) is 4.79 Å². The van der Waals surface area contributed by atoms with Gasteiger partial charge in [0.25, 0.3) is 5.91 Å². The predicted octanol–water partition coefficient (Wildman–Crippen LogP) is 4.51. The number of carbonyl (C=O) groups excluding carboxylic acids is 1. The second kappa shape index (κ2) is 8.89. The number of aryl methyl sites for hydroxylation is 1. The molecule has 0 aliphatic heterocycles. The molecule has 6 nitrogen and oxygen atoms in total. The third-order valence-corrected chi connectivity index (χ3v) is 4.73. The predicted molar refractivity (Wildman–Crippen MR) is 107 cm³/mol. The molecule has 1 amide bonds. The zero-order valence-electron chi connectivity index (χ0n) is 16.1. The molecule has 0 aliphatic carbocycles. The van der Waals surface area contributed by atoms with Gasteiger partial charge in [-0.3, -0.25) is 4.79 Å². The highest BCUT2D eigenvalue weighted by atomic mass is 35.5. The molecule has 0 radical (unpaired) electrons. The van der Waals surface area contributed by atoms with E-state index in [-0.39, 0.29) is 12.5 Å². The number of rotatable bonds is 7. The van der Waals surface area contributed by atoms with E-state index in [2.05, 4.69) is 10.1 Å². The topological polar surface area (TPSA) is 68.5 Å².